The zero-order valence-electron chi connectivity index (χ0n) is 18.4. The number of methoxy groups -OCH3 is 1. The predicted molar refractivity (Wildman–Crippen MR) is 125 cm³/mol. The standard InChI is InChI=1S/C25H27FN2O3S/c1-17-23-20(26)5-3-6-21(23)32-24(17)25(30)28-14-4-13-27(15-16-28)22(29)12-9-18-7-10-19(31-2)11-8-18/h3,5-8,10-11H,4,9,12-16H2,1-2H3. The van der Waals surface area contributed by atoms with Crippen molar-refractivity contribution >= 4 is 33.2 Å². The van der Waals surface area contributed by atoms with Gasteiger partial charge in [0.1, 0.15) is 11.6 Å². The van der Waals surface area contributed by atoms with Crippen molar-refractivity contribution in [2.45, 2.75) is 26.2 Å². The second kappa shape index (κ2) is 9.69. The van der Waals surface area contributed by atoms with Gasteiger partial charge >= 0.3 is 0 Å². The Morgan fingerprint density at radius 2 is 1.75 bits per heavy atom. The molecular formula is C25H27FN2O3S. The summed E-state index contributed by atoms with van der Waals surface area (Å²) in [7, 11) is 1.63. The second-order valence-corrected chi connectivity index (χ2v) is 9.10. The Bertz CT molecular complexity index is 1130. The zero-order valence-corrected chi connectivity index (χ0v) is 19.2. The van der Waals surface area contributed by atoms with Crippen molar-refractivity contribution in [3.05, 3.63) is 64.3 Å². The molecule has 1 aromatic heterocycles. The fourth-order valence-electron chi connectivity index (χ4n) is 4.17. The van der Waals surface area contributed by atoms with Crippen molar-refractivity contribution in [3.63, 3.8) is 0 Å². The Hall–Kier alpha value is -2.93. The number of aryl methyl sites for hydroxylation is 2. The highest BCUT2D eigenvalue weighted by atomic mass is 32.1. The van der Waals surface area contributed by atoms with Crippen LogP contribution in [0.1, 0.15) is 33.6 Å². The predicted octanol–water partition coefficient (Wildman–Crippen LogP) is 4.66. The molecule has 5 nitrogen and oxygen atoms in total. The van der Waals surface area contributed by atoms with Crippen LogP contribution in [0.4, 0.5) is 4.39 Å². The molecule has 2 aromatic carbocycles. The number of hydrogen-bond donors (Lipinski definition) is 0. The van der Waals surface area contributed by atoms with E-state index in [1.165, 1.54) is 17.4 Å². The molecule has 0 unspecified atom stereocenters. The summed E-state index contributed by atoms with van der Waals surface area (Å²) in [6.45, 7) is 4.05. The first-order valence-corrected chi connectivity index (χ1v) is 11.7. The van der Waals surface area contributed by atoms with Gasteiger partial charge < -0.3 is 14.5 Å². The molecule has 32 heavy (non-hydrogen) atoms. The molecule has 0 saturated carbocycles. The smallest absolute Gasteiger partial charge is 0.264 e. The van der Waals surface area contributed by atoms with Crippen LogP contribution in [0.15, 0.2) is 42.5 Å². The molecule has 3 aromatic rings. The Balaban J connectivity index is 1.37. The molecule has 168 valence electrons. The number of hydrogen-bond acceptors (Lipinski definition) is 4. The Kier molecular flexibility index (Phi) is 6.74. The number of fused-ring (bicyclic) bond motifs is 1. The van der Waals surface area contributed by atoms with Crippen LogP contribution < -0.4 is 4.74 Å². The third-order valence-electron chi connectivity index (χ3n) is 6.02. The Morgan fingerprint density at radius 3 is 2.47 bits per heavy atom. The van der Waals surface area contributed by atoms with Gasteiger partial charge in [-0.25, -0.2) is 4.39 Å². The molecule has 1 aliphatic heterocycles. The van der Waals surface area contributed by atoms with Crippen molar-refractivity contribution < 1.29 is 18.7 Å². The minimum Gasteiger partial charge on any atom is -0.497 e. The quantitative estimate of drug-likeness (QED) is 0.563. The van der Waals surface area contributed by atoms with Crippen molar-refractivity contribution in [3.8, 4) is 5.75 Å². The maximum Gasteiger partial charge on any atom is 0.264 e. The van der Waals surface area contributed by atoms with Crippen LogP contribution >= 0.6 is 11.3 Å². The Labute approximate surface area is 191 Å². The molecule has 2 amide bonds. The summed E-state index contributed by atoms with van der Waals surface area (Å²) >= 11 is 1.34. The molecule has 1 aliphatic rings. The van der Waals surface area contributed by atoms with E-state index in [1.807, 2.05) is 42.2 Å². The van der Waals surface area contributed by atoms with Crippen LogP contribution in [0.3, 0.4) is 0 Å². The van der Waals surface area contributed by atoms with E-state index < -0.39 is 0 Å². The van der Waals surface area contributed by atoms with Gasteiger partial charge in [0, 0.05) is 42.7 Å². The summed E-state index contributed by atoms with van der Waals surface area (Å²) in [4.78, 5) is 30.2. The number of amides is 2. The molecule has 1 saturated heterocycles. The second-order valence-electron chi connectivity index (χ2n) is 8.04. The summed E-state index contributed by atoms with van der Waals surface area (Å²) in [5.41, 5.74) is 1.79. The highest BCUT2D eigenvalue weighted by Gasteiger charge is 2.26. The first-order valence-electron chi connectivity index (χ1n) is 10.9. The van der Waals surface area contributed by atoms with Crippen molar-refractivity contribution in [1.29, 1.82) is 0 Å². The number of nitrogens with zero attached hydrogens (tertiary/aromatic N) is 2. The van der Waals surface area contributed by atoms with Crippen LogP contribution in [-0.4, -0.2) is 54.9 Å². The van der Waals surface area contributed by atoms with E-state index in [0.717, 1.165) is 22.4 Å². The summed E-state index contributed by atoms with van der Waals surface area (Å²) in [6, 6.07) is 12.7. The molecule has 0 N–H and O–H groups in total. The molecule has 4 rings (SSSR count). The fourth-order valence-corrected chi connectivity index (χ4v) is 5.36. The van der Waals surface area contributed by atoms with E-state index in [0.29, 0.717) is 54.8 Å². The van der Waals surface area contributed by atoms with Gasteiger partial charge in [0.15, 0.2) is 0 Å². The van der Waals surface area contributed by atoms with Gasteiger partial charge in [-0.2, -0.15) is 0 Å². The molecular weight excluding hydrogens is 427 g/mol. The summed E-state index contributed by atoms with van der Waals surface area (Å²) in [5.74, 6) is 0.541. The van der Waals surface area contributed by atoms with Crippen LogP contribution in [0.2, 0.25) is 0 Å². The number of rotatable bonds is 5. The SMILES string of the molecule is COc1ccc(CCC(=O)N2CCCN(C(=O)c3sc4cccc(F)c4c3C)CC2)cc1. The first kappa shape index (κ1) is 22.3. The van der Waals surface area contributed by atoms with Crippen LogP contribution in [0, 0.1) is 12.7 Å². The highest BCUT2D eigenvalue weighted by Crippen LogP contribution is 2.33. The van der Waals surface area contributed by atoms with Crippen molar-refractivity contribution in [1.82, 2.24) is 9.80 Å². The number of carbonyl (C=O) groups is 2. The topological polar surface area (TPSA) is 49.9 Å². The average Bonchev–Trinajstić information content (AvgIpc) is 2.98. The molecule has 2 heterocycles. The lowest BCUT2D eigenvalue weighted by Crippen LogP contribution is -2.37. The molecule has 0 aliphatic carbocycles. The lowest BCUT2D eigenvalue weighted by Gasteiger charge is -2.22. The van der Waals surface area contributed by atoms with Crippen LogP contribution in [0.5, 0.6) is 5.75 Å². The normalized spacial score (nSPS) is 14.5. The fraction of sp³-hybridized carbons (Fsp3) is 0.360. The van der Waals surface area contributed by atoms with E-state index in [1.54, 1.807) is 18.1 Å². The molecule has 0 radical (unpaired) electrons. The van der Waals surface area contributed by atoms with E-state index in [-0.39, 0.29) is 17.6 Å². The molecule has 0 atom stereocenters. The van der Waals surface area contributed by atoms with E-state index in [9.17, 15) is 14.0 Å². The molecule has 0 spiro atoms. The van der Waals surface area contributed by atoms with Crippen LogP contribution in [0.25, 0.3) is 10.1 Å². The number of benzene rings is 2. The van der Waals surface area contributed by atoms with Gasteiger partial charge in [-0.1, -0.05) is 18.2 Å². The van der Waals surface area contributed by atoms with Gasteiger partial charge in [0.25, 0.3) is 5.91 Å². The first-order chi connectivity index (χ1) is 15.5. The summed E-state index contributed by atoms with van der Waals surface area (Å²) in [6.07, 6.45) is 1.85. The molecule has 7 heteroatoms. The number of carbonyl (C=O) groups excluding carboxylic acids is 2. The minimum absolute atomic E-state index is 0.0735. The van der Waals surface area contributed by atoms with Gasteiger partial charge in [-0.3, -0.25) is 9.59 Å². The van der Waals surface area contributed by atoms with E-state index in [4.69, 9.17) is 4.74 Å². The highest BCUT2D eigenvalue weighted by molar-refractivity contribution is 7.21. The van der Waals surface area contributed by atoms with Gasteiger partial charge in [-0.05, 0) is 55.2 Å². The van der Waals surface area contributed by atoms with Crippen molar-refractivity contribution in [2.75, 3.05) is 33.3 Å². The average molecular weight is 455 g/mol. The molecule has 0 bridgehead atoms. The van der Waals surface area contributed by atoms with Gasteiger partial charge in [0.2, 0.25) is 5.91 Å². The van der Waals surface area contributed by atoms with Gasteiger partial charge in [-0.15, -0.1) is 11.3 Å². The third kappa shape index (κ3) is 4.63. The maximum absolute atomic E-state index is 14.2. The summed E-state index contributed by atoms with van der Waals surface area (Å²) < 4.78 is 20.2. The van der Waals surface area contributed by atoms with Crippen LogP contribution in [-0.2, 0) is 11.2 Å². The summed E-state index contributed by atoms with van der Waals surface area (Å²) in [5, 5.41) is 0.533. The number of ether oxygens (including phenoxy) is 1. The van der Waals surface area contributed by atoms with E-state index in [2.05, 4.69) is 0 Å². The largest absolute Gasteiger partial charge is 0.497 e. The molecule has 1 fully saturated rings. The number of thiophene rings is 1. The maximum atomic E-state index is 14.2. The minimum atomic E-state index is -0.292. The lowest BCUT2D eigenvalue weighted by atomic mass is 10.1. The van der Waals surface area contributed by atoms with Crippen molar-refractivity contribution in [2.24, 2.45) is 0 Å². The third-order valence-corrected chi connectivity index (χ3v) is 7.26. The zero-order chi connectivity index (χ0) is 22.7. The lowest BCUT2D eigenvalue weighted by molar-refractivity contribution is -0.131. The number of halogens is 1. The van der Waals surface area contributed by atoms with E-state index >= 15 is 0 Å². The Morgan fingerprint density at radius 1 is 1.03 bits per heavy atom. The monoisotopic (exact) mass is 454 g/mol. The van der Waals surface area contributed by atoms with Gasteiger partial charge in [0.05, 0.1) is 12.0 Å².